The smallest absolute Gasteiger partial charge is 0.189 e. The molecule has 7 nitrogen and oxygen atoms in total. The van der Waals surface area contributed by atoms with Gasteiger partial charge in [0.25, 0.3) is 0 Å². The lowest BCUT2D eigenvalue weighted by atomic mass is 10.0. The van der Waals surface area contributed by atoms with Crippen LogP contribution in [-0.4, -0.2) is 75.6 Å². The van der Waals surface area contributed by atoms with Crippen molar-refractivity contribution >= 4 is 5.78 Å². The fraction of sp³-hybridized carbons (Fsp3) is 0.889. The Kier molecular flexibility index (Phi) is 7.39. The molecule has 16 heavy (non-hydrogen) atoms. The first kappa shape index (κ1) is 15.4. The second kappa shape index (κ2) is 7.66. The molecule has 0 saturated carbocycles. The largest absolute Gasteiger partial charge is 0.394 e. The van der Waals surface area contributed by atoms with Crippen molar-refractivity contribution in [1.82, 2.24) is 0 Å². The molecule has 7 heteroatoms. The minimum absolute atomic E-state index is 0.274. The summed E-state index contributed by atoms with van der Waals surface area (Å²) in [4.78, 5) is 11.2. The van der Waals surface area contributed by atoms with E-state index >= 15 is 0 Å². The van der Waals surface area contributed by atoms with Crippen LogP contribution in [0.1, 0.15) is 6.92 Å². The zero-order valence-corrected chi connectivity index (χ0v) is 8.98. The van der Waals surface area contributed by atoms with Crippen LogP contribution in [0.3, 0.4) is 0 Å². The molecular formula is C9H18O7. The quantitative estimate of drug-likeness (QED) is 0.305. The molecule has 4 atom stereocenters. The lowest BCUT2D eigenvalue weighted by molar-refractivity contribution is -0.150. The Balaban J connectivity index is 4.25. The number of hydrogen-bond acceptors (Lipinski definition) is 7. The number of Topliss-reactive ketones (excluding diaryl/α,β-unsaturated/α-hetero) is 1. The van der Waals surface area contributed by atoms with Gasteiger partial charge in [0.05, 0.1) is 6.61 Å². The number of aliphatic hydroxyl groups excluding tert-OH is 5. The number of hydrogen-bond donors (Lipinski definition) is 5. The highest BCUT2D eigenvalue weighted by Crippen LogP contribution is 2.06. The molecular weight excluding hydrogens is 220 g/mol. The molecule has 0 spiro atoms. The Morgan fingerprint density at radius 3 is 2.19 bits per heavy atom. The highest BCUT2D eigenvalue weighted by atomic mass is 16.5. The first-order chi connectivity index (χ1) is 7.45. The van der Waals surface area contributed by atoms with Crippen LogP contribution in [0.15, 0.2) is 0 Å². The molecule has 0 aromatic heterocycles. The van der Waals surface area contributed by atoms with Crippen molar-refractivity contribution in [2.24, 2.45) is 0 Å². The second-order valence-corrected chi connectivity index (χ2v) is 3.28. The summed E-state index contributed by atoms with van der Waals surface area (Å²) >= 11 is 0. The molecule has 0 aromatic carbocycles. The van der Waals surface area contributed by atoms with E-state index in [1.165, 1.54) is 0 Å². The SMILES string of the molecule is CCOCC(=O)[C@H](O)[C@@H](O)[C@H](O)[C@H](O)CO. The van der Waals surface area contributed by atoms with Crippen molar-refractivity contribution in [2.75, 3.05) is 19.8 Å². The fourth-order valence-electron chi connectivity index (χ4n) is 1.00. The van der Waals surface area contributed by atoms with Crippen LogP contribution in [0.2, 0.25) is 0 Å². The lowest BCUT2D eigenvalue weighted by Crippen LogP contribution is -2.49. The van der Waals surface area contributed by atoms with E-state index in [1.807, 2.05) is 0 Å². The average molecular weight is 238 g/mol. The van der Waals surface area contributed by atoms with E-state index in [9.17, 15) is 20.1 Å². The van der Waals surface area contributed by atoms with E-state index < -0.39 is 43.4 Å². The molecule has 0 aliphatic carbocycles. The van der Waals surface area contributed by atoms with Crippen LogP contribution >= 0.6 is 0 Å². The van der Waals surface area contributed by atoms with Gasteiger partial charge in [-0.3, -0.25) is 4.79 Å². The molecule has 0 rings (SSSR count). The summed E-state index contributed by atoms with van der Waals surface area (Å²) in [5, 5.41) is 45.3. The van der Waals surface area contributed by atoms with E-state index in [-0.39, 0.29) is 6.61 Å². The fourth-order valence-corrected chi connectivity index (χ4v) is 1.00. The predicted octanol–water partition coefficient (Wildman–Crippen LogP) is -2.97. The molecule has 0 unspecified atom stereocenters. The van der Waals surface area contributed by atoms with Crippen molar-refractivity contribution in [3.63, 3.8) is 0 Å². The molecule has 0 heterocycles. The number of carbonyl (C=O) groups is 1. The van der Waals surface area contributed by atoms with E-state index in [1.54, 1.807) is 6.92 Å². The number of ketones is 1. The van der Waals surface area contributed by atoms with Gasteiger partial charge in [-0.25, -0.2) is 0 Å². The minimum Gasteiger partial charge on any atom is -0.394 e. The van der Waals surface area contributed by atoms with Gasteiger partial charge in [-0.05, 0) is 6.92 Å². The highest BCUT2D eigenvalue weighted by molar-refractivity contribution is 5.84. The van der Waals surface area contributed by atoms with Crippen molar-refractivity contribution in [2.45, 2.75) is 31.3 Å². The van der Waals surface area contributed by atoms with E-state index in [0.29, 0.717) is 0 Å². The van der Waals surface area contributed by atoms with Crippen LogP contribution in [0, 0.1) is 0 Å². The summed E-state index contributed by atoms with van der Waals surface area (Å²) in [6, 6.07) is 0. The maximum Gasteiger partial charge on any atom is 0.189 e. The van der Waals surface area contributed by atoms with Gasteiger partial charge < -0.3 is 30.3 Å². The third-order valence-corrected chi connectivity index (χ3v) is 2.03. The molecule has 96 valence electrons. The summed E-state index contributed by atoms with van der Waals surface area (Å²) < 4.78 is 4.72. The number of aliphatic hydroxyl groups is 5. The Morgan fingerprint density at radius 2 is 1.75 bits per heavy atom. The van der Waals surface area contributed by atoms with Crippen LogP contribution in [0.5, 0.6) is 0 Å². The lowest BCUT2D eigenvalue weighted by Gasteiger charge is -2.24. The third-order valence-electron chi connectivity index (χ3n) is 2.03. The Morgan fingerprint density at radius 1 is 1.19 bits per heavy atom. The summed E-state index contributed by atoms with van der Waals surface area (Å²) in [5.41, 5.74) is 0. The molecule has 0 aromatic rings. The standard InChI is InChI=1S/C9H18O7/c1-2-16-4-6(12)8(14)9(15)7(13)5(11)3-10/h5,7-11,13-15H,2-4H2,1H3/t5-,7-,8+,9+/m1/s1. The average Bonchev–Trinajstić information content (AvgIpc) is 2.31. The van der Waals surface area contributed by atoms with Gasteiger partial charge in [-0.2, -0.15) is 0 Å². The van der Waals surface area contributed by atoms with Crippen molar-refractivity contribution in [3.05, 3.63) is 0 Å². The maximum atomic E-state index is 11.2. The number of rotatable bonds is 8. The van der Waals surface area contributed by atoms with Crippen molar-refractivity contribution < 1.29 is 35.1 Å². The molecule has 0 bridgehead atoms. The molecule has 0 saturated heterocycles. The van der Waals surface area contributed by atoms with Gasteiger partial charge in [0, 0.05) is 6.61 Å². The zero-order valence-electron chi connectivity index (χ0n) is 8.98. The number of carbonyl (C=O) groups excluding carboxylic acids is 1. The first-order valence-electron chi connectivity index (χ1n) is 4.89. The molecule has 5 N–H and O–H groups in total. The topological polar surface area (TPSA) is 127 Å². The van der Waals surface area contributed by atoms with Crippen LogP contribution in [0.25, 0.3) is 0 Å². The molecule has 0 aliphatic heterocycles. The summed E-state index contributed by atoms with van der Waals surface area (Å²) in [5.74, 6) is -0.807. The molecule has 0 amide bonds. The first-order valence-corrected chi connectivity index (χ1v) is 4.89. The van der Waals surface area contributed by atoms with Crippen molar-refractivity contribution in [3.8, 4) is 0 Å². The normalized spacial score (nSPS) is 18.9. The van der Waals surface area contributed by atoms with Gasteiger partial charge in [0.15, 0.2) is 5.78 Å². The van der Waals surface area contributed by atoms with E-state index in [4.69, 9.17) is 14.9 Å². The third kappa shape index (κ3) is 4.52. The van der Waals surface area contributed by atoms with E-state index in [0.717, 1.165) is 0 Å². The van der Waals surface area contributed by atoms with Crippen LogP contribution in [0.4, 0.5) is 0 Å². The highest BCUT2D eigenvalue weighted by Gasteiger charge is 2.33. The van der Waals surface area contributed by atoms with E-state index in [2.05, 4.69) is 0 Å². The van der Waals surface area contributed by atoms with Crippen molar-refractivity contribution in [1.29, 1.82) is 0 Å². The van der Waals surface area contributed by atoms with Gasteiger partial charge >= 0.3 is 0 Å². The maximum absolute atomic E-state index is 11.2. The van der Waals surface area contributed by atoms with Gasteiger partial charge in [0.2, 0.25) is 0 Å². The summed E-state index contributed by atoms with van der Waals surface area (Å²) in [7, 11) is 0. The second-order valence-electron chi connectivity index (χ2n) is 3.28. The van der Waals surface area contributed by atoms with Crippen LogP contribution < -0.4 is 0 Å². The Labute approximate surface area is 92.9 Å². The number of ether oxygens (including phenoxy) is 1. The van der Waals surface area contributed by atoms with Gasteiger partial charge in [-0.1, -0.05) is 0 Å². The zero-order chi connectivity index (χ0) is 12.7. The molecule has 0 aliphatic rings. The molecule has 0 fully saturated rings. The predicted molar refractivity (Wildman–Crippen MR) is 52.6 cm³/mol. The molecule has 0 radical (unpaired) electrons. The Bertz CT molecular complexity index is 208. The van der Waals surface area contributed by atoms with Gasteiger partial charge in [0.1, 0.15) is 31.0 Å². The van der Waals surface area contributed by atoms with Crippen LogP contribution in [-0.2, 0) is 9.53 Å². The summed E-state index contributed by atoms with van der Waals surface area (Å²) in [6.45, 7) is 0.748. The Hall–Kier alpha value is -0.570. The minimum atomic E-state index is -1.87. The summed E-state index contributed by atoms with van der Waals surface area (Å²) in [6.07, 6.45) is -7.15. The van der Waals surface area contributed by atoms with Gasteiger partial charge in [-0.15, -0.1) is 0 Å². The monoisotopic (exact) mass is 238 g/mol.